The second kappa shape index (κ2) is 11.7. The van der Waals surface area contributed by atoms with E-state index in [0.717, 1.165) is 0 Å². The zero-order valence-corrected chi connectivity index (χ0v) is 22.7. The molecule has 0 aliphatic heterocycles. The van der Waals surface area contributed by atoms with Gasteiger partial charge < -0.3 is 18.6 Å². The number of tetrazole rings is 1. The summed E-state index contributed by atoms with van der Waals surface area (Å²) < 4.78 is 38.7. The van der Waals surface area contributed by atoms with Gasteiger partial charge in [0.05, 0.1) is 33.7 Å². The fourth-order valence-corrected chi connectivity index (χ4v) is 3.93. The molecule has 0 amide bonds. The maximum atomic E-state index is 11.9. The molecule has 0 saturated heterocycles. The summed E-state index contributed by atoms with van der Waals surface area (Å²) in [5.74, 6) is -0.0774. The third-order valence-corrected chi connectivity index (χ3v) is 5.76. The fraction of sp³-hybridized carbons (Fsp3) is 0.0500. The molecule has 37 heavy (non-hydrogen) atoms. The molecule has 4 aromatic rings. The van der Waals surface area contributed by atoms with Gasteiger partial charge in [0.25, 0.3) is 21.5 Å². The van der Waals surface area contributed by atoms with Crippen molar-refractivity contribution in [2.45, 2.75) is 4.90 Å². The van der Waals surface area contributed by atoms with Crippen LogP contribution in [-0.4, -0.2) is 44.9 Å². The van der Waals surface area contributed by atoms with Gasteiger partial charge >= 0.3 is 35.4 Å². The minimum absolute atomic E-state index is 0. The molecule has 0 unspecified atom stereocenters. The van der Waals surface area contributed by atoms with Gasteiger partial charge in [0.15, 0.2) is 5.75 Å². The van der Waals surface area contributed by atoms with Gasteiger partial charge in [-0.3, -0.25) is 24.8 Å². The van der Waals surface area contributed by atoms with Gasteiger partial charge in [0.1, 0.15) is 10.6 Å². The number of methoxy groups -OCH3 is 1. The zero-order chi connectivity index (χ0) is 25.3. The molecule has 1 heterocycles. The zero-order valence-electron chi connectivity index (χ0n) is 20.1. The number of non-ortho nitro benzene ring substituents is 2. The van der Waals surface area contributed by atoms with Crippen LogP contribution in [0, 0.1) is 20.2 Å². The number of benzene rings is 3. The summed E-state index contributed by atoms with van der Waals surface area (Å²) in [5, 5.41) is 30.9. The SMILES string of the molecule is COc1cc([N+](=O)[O-])ccc1-[n+]1nc(-c2ccccc2S(=O)(=O)O)nn1-c1ccc([N+](=O)[O-])cc1.[Cl-].[H-].[Na+]. The Labute approximate surface area is 238 Å². The molecule has 0 aliphatic rings. The maximum absolute atomic E-state index is 11.9. The second-order valence-electron chi connectivity index (χ2n) is 6.96. The van der Waals surface area contributed by atoms with Crippen LogP contribution in [0.25, 0.3) is 22.8 Å². The van der Waals surface area contributed by atoms with Crippen LogP contribution in [0.15, 0.2) is 71.6 Å². The Morgan fingerprint density at radius 3 is 2.16 bits per heavy atom. The minimum atomic E-state index is -4.63. The van der Waals surface area contributed by atoms with Gasteiger partial charge in [-0.1, -0.05) is 12.1 Å². The van der Waals surface area contributed by atoms with Crippen LogP contribution in [0.4, 0.5) is 11.4 Å². The third-order valence-electron chi connectivity index (χ3n) is 4.85. The molecular formula is C20H16ClN6NaO8S. The van der Waals surface area contributed by atoms with Crippen molar-refractivity contribution in [2.24, 2.45) is 0 Å². The molecule has 0 aliphatic carbocycles. The van der Waals surface area contributed by atoms with E-state index >= 15 is 0 Å². The summed E-state index contributed by atoms with van der Waals surface area (Å²) in [6.07, 6.45) is 0. The largest absolute Gasteiger partial charge is 1.00 e. The standard InChI is InChI=1S/C20H14N6O8S.ClH.Na.H/c1-34-18-12-15(26(29)30)10-11-17(18)24-22-20(16-4-2-3-5-19(16)35(31,32)33)21-23(24)13-6-8-14(9-7-13)25(27)28;;;/h2-12H,1H3;1H;;/q;;+1;-1. The number of hydrogen-bond donors (Lipinski definition) is 1. The predicted octanol–water partition coefficient (Wildman–Crippen LogP) is -3.60. The first-order valence-corrected chi connectivity index (χ1v) is 11.1. The fourth-order valence-electron chi connectivity index (χ4n) is 3.24. The van der Waals surface area contributed by atoms with E-state index in [2.05, 4.69) is 10.2 Å². The third kappa shape index (κ3) is 6.10. The Morgan fingerprint density at radius 2 is 1.59 bits per heavy atom. The quantitative estimate of drug-likeness (QED) is 0.0781. The molecule has 188 valence electrons. The average molecular weight is 559 g/mol. The number of nitrogens with zero attached hydrogens (tertiary/aromatic N) is 6. The van der Waals surface area contributed by atoms with Crippen molar-refractivity contribution in [1.29, 1.82) is 0 Å². The van der Waals surface area contributed by atoms with Crippen LogP contribution in [0.3, 0.4) is 0 Å². The van der Waals surface area contributed by atoms with Crippen LogP contribution in [-0.2, 0) is 10.1 Å². The van der Waals surface area contributed by atoms with E-state index in [9.17, 15) is 33.2 Å². The van der Waals surface area contributed by atoms with E-state index < -0.39 is 24.9 Å². The van der Waals surface area contributed by atoms with Crippen molar-refractivity contribution in [3.05, 3.63) is 87.0 Å². The van der Waals surface area contributed by atoms with E-state index in [1.807, 2.05) is 0 Å². The molecule has 0 saturated carbocycles. The number of nitro groups is 2. The predicted molar refractivity (Wildman–Crippen MR) is 119 cm³/mol. The van der Waals surface area contributed by atoms with Crippen LogP contribution < -0.4 is 51.5 Å². The molecule has 14 nitrogen and oxygen atoms in total. The smallest absolute Gasteiger partial charge is 1.00 e. The van der Waals surface area contributed by atoms with Crippen molar-refractivity contribution >= 4 is 21.5 Å². The monoisotopic (exact) mass is 558 g/mol. The summed E-state index contributed by atoms with van der Waals surface area (Å²) in [6.45, 7) is 0. The molecule has 0 atom stereocenters. The number of aromatic nitrogens is 4. The topological polar surface area (TPSA) is 184 Å². The Morgan fingerprint density at radius 1 is 1.00 bits per heavy atom. The van der Waals surface area contributed by atoms with Crippen molar-refractivity contribution in [3.63, 3.8) is 0 Å². The molecule has 4 rings (SSSR count). The Kier molecular flexibility index (Phi) is 9.43. The van der Waals surface area contributed by atoms with Gasteiger partial charge in [-0.15, -0.1) is 0 Å². The molecule has 0 bridgehead atoms. The molecule has 1 aromatic heterocycles. The minimum Gasteiger partial charge on any atom is -1.00 e. The summed E-state index contributed by atoms with van der Waals surface area (Å²) in [4.78, 5) is 23.0. The van der Waals surface area contributed by atoms with Crippen LogP contribution in [0.1, 0.15) is 1.43 Å². The molecule has 17 heteroatoms. The summed E-state index contributed by atoms with van der Waals surface area (Å²) in [7, 11) is -3.33. The van der Waals surface area contributed by atoms with Gasteiger partial charge in [-0.25, -0.2) is 0 Å². The van der Waals surface area contributed by atoms with Crippen molar-refractivity contribution in [1.82, 2.24) is 15.0 Å². The molecule has 0 fully saturated rings. The second-order valence-corrected chi connectivity index (χ2v) is 8.35. The Bertz CT molecular complexity index is 1590. The molecule has 3 aromatic carbocycles. The van der Waals surface area contributed by atoms with Crippen molar-refractivity contribution < 1.29 is 75.7 Å². The number of ether oxygens (including phenoxy) is 1. The molecule has 0 radical (unpaired) electrons. The Hall–Kier alpha value is -3.47. The van der Waals surface area contributed by atoms with Gasteiger partial charge in [-0.05, 0) is 34.2 Å². The number of nitro benzene ring substituents is 2. The summed E-state index contributed by atoms with van der Waals surface area (Å²) in [6, 6.07) is 14.5. The van der Waals surface area contributed by atoms with E-state index in [1.54, 1.807) is 0 Å². The molecule has 0 spiro atoms. The Balaban J connectivity index is 0.00000241. The van der Waals surface area contributed by atoms with Crippen LogP contribution in [0.2, 0.25) is 0 Å². The number of rotatable bonds is 7. The van der Waals surface area contributed by atoms with Crippen LogP contribution in [0.5, 0.6) is 5.75 Å². The van der Waals surface area contributed by atoms with Gasteiger partial charge in [0.2, 0.25) is 5.69 Å². The first-order valence-electron chi connectivity index (χ1n) is 9.64. The van der Waals surface area contributed by atoms with Gasteiger partial charge in [0, 0.05) is 29.1 Å². The summed E-state index contributed by atoms with van der Waals surface area (Å²) in [5.41, 5.74) is 0.0405. The van der Waals surface area contributed by atoms with E-state index in [0.29, 0.717) is 5.69 Å². The van der Waals surface area contributed by atoms with E-state index in [4.69, 9.17) is 4.74 Å². The maximum Gasteiger partial charge on any atom is 1.00 e. The van der Waals surface area contributed by atoms with Crippen molar-refractivity contribution in [3.8, 4) is 28.5 Å². The number of hydrogen-bond acceptors (Lipinski definition) is 9. The molecule has 1 N–H and O–H groups in total. The molecular weight excluding hydrogens is 543 g/mol. The number of halogens is 1. The van der Waals surface area contributed by atoms with Crippen molar-refractivity contribution in [2.75, 3.05) is 7.11 Å². The normalized spacial score (nSPS) is 10.6. The van der Waals surface area contributed by atoms with E-state index in [-0.39, 0.29) is 77.6 Å². The summed E-state index contributed by atoms with van der Waals surface area (Å²) >= 11 is 0. The first-order chi connectivity index (χ1) is 16.6. The van der Waals surface area contributed by atoms with Crippen LogP contribution >= 0.6 is 0 Å². The van der Waals surface area contributed by atoms with Gasteiger partial charge in [-0.2, -0.15) is 8.42 Å². The average Bonchev–Trinajstić information content (AvgIpc) is 3.28. The van der Waals surface area contributed by atoms with E-state index in [1.165, 1.54) is 83.4 Å². The first kappa shape index (κ1) is 29.8.